The van der Waals surface area contributed by atoms with Gasteiger partial charge in [-0.3, -0.25) is 9.59 Å². The molecule has 0 aromatic heterocycles. The highest BCUT2D eigenvalue weighted by molar-refractivity contribution is 6.01. The molecule has 1 aromatic carbocycles. The van der Waals surface area contributed by atoms with Gasteiger partial charge in [0.15, 0.2) is 0 Å². The lowest BCUT2D eigenvalue weighted by Gasteiger charge is -2.20. The third-order valence-electron chi connectivity index (χ3n) is 2.98. The van der Waals surface area contributed by atoms with Gasteiger partial charge in [-0.25, -0.2) is 0 Å². The first-order valence-corrected chi connectivity index (χ1v) is 6.05. The van der Waals surface area contributed by atoms with E-state index in [1.54, 1.807) is 18.0 Å². The minimum atomic E-state index is -0.1000. The number of nitrogens with zero attached hydrogens (tertiary/aromatic N) is 1. The number of hydrogen-bond acceptors (Lipinski definition) is 3. The summed E-state index contributed by atoms with van der Waals surface area (Å²) in [4.78, 5) is 25.4. The summed E-state index contributed by atoms with van der Waals surface area (Å²) >= 11 is 0. The highest BCUT2D eigenvalue weighted by Crippen LogP contribution is 2.17. The highest BCUT2D eigenvalue weighted by atomic mass is 16.2. The van der Waals surface area contributed by atoms with Gasteiger partial charge in [0.1, 0.15) is 0 Å². The number of carbonyl (C=O) groups excluding carboxylic acids is 2. The maximum atomic E-state index is 12.4. The number of rotatable bonds is 2. The number of anilines is 1. The van der Waals surface area contributed by atoms with Crippen molar-refractivity contribution in [3.8, 4) is 0 Å². The first-order chi connectivity index (χ1) is 8.72. The SMILES string of the molecule is CNc1ccccc1C(=O)N1CCCNC(=O)C1. The Morgan fingerprint density at radius 2 is 2.17 bits per heavy atom. The lowest BCUT2D eigenvalue weighted by Crippen LogP contribution is -2.37. The molecule has 1 aromatic rings. The first-order valence-electron chi connectivity index (χ1n) is 6.05. The van der Waals surface area contributed by atoms with Crippen molar-refractivity contribution < 1.29 is 9.59 Å². The van der Waals surface area contributed by atoms with Gasteiger partial charge in [0, 0.05) is 25.8 Å². The monoisotopic (exact) mass is 247 g/mol. The summed E-state index contributed by atoms with van der Waals surface area (Å²) < 4.78 is 0. The van der Waals surface area contributed by atoms with Crippen molar-refractivity contribution in [2.75, 3.05) is 32.0 Å². The Hall–Kier alpha value is -2.04. The van der Waals surface area contributed by atoms with Crippen LogP contribution in [0, 0.1) is 0 Å². The van der Waals surface area contributed by atoms with Crippen LogP contribution in [0.25, 0.3) is 0 Å². The summed E-state index contributed by atoms with van der Waals surface area (Å²) in [5.74, 6) is -0.195. The van der Waals surface area contributed by atoms with E-state index in [0.717, 1.165) is 12.1 Å². The second-order valence-corrected chi connectivity index (χ2v) is 4.23. The number of para-hydroxylation sites is 1. The van der Waals surface area contributed by atoms with E-state index >= 15 is 0 Å². The molecule has 1 saturated heterocycles. The Morgan fingerprint density at radius 1 is 1.39 bits per heavy atom. The Labute approximate surface area is 106 Å². The molecule has 1 aliphatic heterocycles. The molecule has 0 saturated carbocycles. The van der Waals surface area contributed by atoms with Crippen LogP contribution in [0.2, 0.25) is 0 Å². The van der Waals surface area contributed by atoms with Crippen molar-refractivity contribution in [1.29, 1.82) is 0 Å². The fourth-order valence-electron chi connectivity index (χ4n) is 2.04. The molecule has 96 valence electrons. The zero-order valence-corrected chi connectivity index (χ0v) is 10.4. The maximum Gasteiger partial charge on any atom is 0.256 e. The van der Waals surface area contributed by atoms with E-state index in [1.807, 2.05) is 18.2 Å². The van der Waals surface area contributed by atoms with Gasteiger partial charge in [-0.15, -0.1) is 0 Å². The van der Waals surface area contributed by atoms with Gasteiger partial charge in [-0.2, -0.15) is 0 Å². The van der Waals surface area contributed by atoms with E-state index in [2.05, 4.69) is 10.6 Å². The standard InChI is InChI=1S/C13H17N3O2/c1-14-11-6-3-2-5-10(11)13(18)16-8-4-7-15-12(17)9-16/h2-3,5-6,14H,4,7-9H2,1H3,(H,15,17). The van der Waals surface area contributed by atoms with Crippen molar-refractivity contribution in [2.45, 2.75) is 6.42 Å². The summed E-state index contributed by atoms with van der Waals surface area (Å²) in [6.07, 6.45) is 0.791. The Balaban J connectivity index is 2.21. The van der Waals surface area contributed by atoms with Gasteiger partial charge in [-0.1, -0.05) is 12.1 Å². The van der Waals surface area contributed by atoms with Gasteiger partial charge in [0.2, 0.25) is 5.91 Å². The van der Waals surface area contributed by atoms with Crippen molar-refractivity contribution >= 4 is 17.5 Å². The molecule has 1 fully saturated rings. The van der Waals surface area contributed by atoms with Crippen molar-refractivity contribution in [1.82, 2.24) is 10.2 Å². The largest absolute Gasteiger partial charge is 0.387 e. The molecule has 5 nitrogen and oxygen atoms in total. The van der Waals surface area contributed by atoms with Gasteiger partial charge in [0.25, 0.3) is 5.91 Å². The molecule has 0 aliphatic carbocycles. The average molecular weight is 247 g/mol. The molecule has 0 bridgehead atoms. The van der Waals surface area contributed by atoms with Gasteiger partial charge in [-0.05, 0) is 18.6 Å². The topological polar surface area (TPSA) is 61.4 Å². The number of hydrogen-bond donors (Lipinski definition) is 2. The third kappa shape index (κ3) is 2.61. The second kappa shape index (κ2) is 5.53. The zero-order chi connectivity index (χ0) is 13.0. The fraction of sp³-hybridized carbons (Fsp3) is 0.385. The fourth-order valence-corrected chi connectivity index (χ4v) is 2.04. The molecule has 2 rings (SSSR count). The predicted octanol–water partition coefficient (Wildman–Crippen LogP) is 0.690. The predicted molar refractivity (Wildman–Crippen MR) is 69.5 cm³/mol. The van der Waals surface area contributed by atoms with E-state index < -0.39 is 0 Å². The summed E-state index contributed by atoms with van der Waals surface area (Å²) in [5.41, 5.74) is 1.39. The van der Waals surface area contributed by atoms with Crippen molar-refractivity contribution in [2.24, 2.45) is 0 Å². The third-order valence-corrected chi connectivity index (χ3v) is 2.98. The van der Waals surface area contributed by atoms with Crippen LogP contribution in [0.1, 0.15) is 16.8 Å². The van der Waals surface area contributed by atoms with Crippen LogP contribution in [-0.4, -0.2) is 43.4 Å². The Bertz CT molecular complexity index is 459. The van der Waals surface area contributed by atoms with Gasteiger partial charge < -0.3 is 15.5 Å². The smallest absolute Gasteiger partial charge is 0.256 e. The molecule has 1 heterocycles. The molecule has 0 radical (unpaired) electrons. The number of amides is 2. The average Bonchev–Trinajstić information content (AvgIpc) is 2.62. The molecule has 2 amide bonds. The summed E-state index contributed by atoms with van der Waals surface area (Å²) in [6, 6.07) is 7.33. The lowest BCUT2D eigenvalue weighted by atomic mass is 10.1. The van der Waals surface area contributed by atoms with Crippen LogP contribution >= 0.6 is 0 Å². The zero-order valence-electron chi connectivity index (χ0n) is 10.4. The summed E-state index contributed by atoms with van der Waals surface area (Å²) in [7, 11) is 1.78. The molecule has 5 heteroatoms. The molecule has 2 N–H and O–H groups in total. The second-order valence-electron chi connectivity index (χ2n) is 4.23. The number of carbonyl (C=O) groups is 2. The number of nitrogens with one attached hydrogen (secondary N) is 2. The van der Waals surface area contributed by atoms with Crippen LogP contribution in [0.5, 0.6) is 0 Å². The van der Waals surface area contributed by atoms with Gasteiger partial charge >= 0.3 is 0 Å². The van der Waals surface area contributed by atoms with E-state index in [0.29, 0.717) is 18.7 Å². The van der Waals surface area contributed by atoms with Crippen LogP contribution in [-0.2, 0) is 4.79 Å². The molecular weight excluding hydrogens is 230 g/mol. The maximum absolute atomic E-state index is 12.4. The molecular formula is C13H17N3O2. The molecule has 18 heavy (non-hydrogen) atoms. The number of benzene rings is 1. The normalized spacial score (nSPS) is 15.8. The summed E-state index contributed by atoms with van der Waals surface area (Å²) in [5, 5.41) is 5.76. The molecule has 0 spiro atoms. The minimum Gasteiger partial charge on any atom is -0.387 e. The first kappa shape index (κ1) is 12.4. The van der Waals surface area contributed by atoms with Crippen molar-refractivity contribution in [3.63, 3.8) is 0 Å². The summed E-state index contributed by atoms with van der Waals surface area (Å²) in [6.45, 7) is 1.38. The minimum absolute atomic E-state index is 0.0946. The highest BCUT2D eigenvalue weighted by Gasteiger charge is 2.22. The van der Waals surface area contributed by atoms with Crippen LogP contribution in [0.3, 0.4) is 0 Å². The van der Waals surface area contributed by atoms with Crippen LogP contribution in [0.15, 0.2) is 24.3 Å². The van der Waals surface area contributed by atoms with E-state index in [4.69, 9.17) is 0 Å². The van der Waals surface area contributed by atoms with Crippen LogP contribution in [0.4, 0.5) is 5.69 Å². The van der Waals surface area contributed by atoms with Gasteiger partial charge in [0.05, 0.1) is 12.1 Å². The quantitative estimate of drug-likeness (QED) is 0.808. The molecule has 1 aliphatic rings. The Kier molecular flexibility index (Phi) is 3.82. The van der Waals surface area contributed by atoms with E-state index in [-0.39, 0.29) is 18.4 Å². The lowest BCUT2D eigenvalue weighted by molar-refractivity contribution is -0.121. The van der Waals surface area contributed by atoms with Crippen molar-refractivity contribution in [3.05, 3.63) is 29.8 Å². The Morgan fingerprint density at radius 3 is 2.94 bits per heavy atom. The molecule has 0 atom stereocenters. The van der Waals surface area contributed by atoms with E-state index in [1.165, 1.54) is 0 Å². The van der Waals surface area contributed by atoms with E-state index in [9.17, 15) is 9.59 Å². The van der Waals surface area contributed by atoms with Crippen LogP contribution < -0.4 is 10.6 Å². The molecule has 0 unspecified atom stereocenters.